The first kappa shape index (κ1) is 42.9. The molecule has 282 valence electrons. The second kappa shape index (κ2) is 14.3. The summed E-state index contributed by atoms with van der Waals surface area (Å²) in [6, 6.07) is 34.7. The fourth-order valence-corrected chi connectivity index (χ4v) is 12.5. The van der Waals surface area contributed by atoms with Gasteiger partial charge in [0, 0.05) is 5.69 Å². The van der Waals surface area contributed by atoms with E-state index in [0.29, 0.717) is 0 Å². The van der Waals surface area contributed by atoms with Crippen LogP contribution < -0.4 is 43.7 Å². The Kier molecular flexibility index (Phi) is 9.91. The minimum Gasteiger partial charge on any atom is -0.298 e. The van der Waals surface area contributed by atoms with Crippen LogP contribution in [-0.2, 0) is 10.5 Å². The summed E-state index contributed by atoms with van der Waals surface area (Å²) in [5, 5.41) is 5.21. The van der Waals surface area contributed by atoms with Crippen molar-refractivity contribution < 1.29 is 0 Å². The van der Waals surface area contributed by atoms with Gasteiger partial charge in [0.05, 0.1) is 87.5 Å². The molecule has 0 aliphatic heterocycles. The van der Waals surface area contributed by atoms with Crippen LogP contribution in [0.2, 0.25) is 10.2 Å². The predicted molar refractivity (Wildman–Crippen MR) is 323 cm³/mol. The third kappa shape index (κ3) is 5.84. The highest BCUT2D eigenvalue weighted by Gasteiger charge is 2.56. The normalized spacial score (nSPS) is 13.7. The quantitative estimate of drug-likeness (QED) is 0.121. The van der Waals surface area contributed by atoms with Crippen LogP contribution in [0.25, 0.3) is 71.6 Å². The average molecular weight is 778 g/mol. The molecule has 2 nitrogen and oxygen atoms in total. The molecule has 1 aromatic heterocycles. The number of fused-ring (bicyclic) bond motifs is 6. The van der Waals surface area contributed by atoms with Gasteiger partial charge in [-0.3, -0.25) is 4.57 Å². The van der Waals surface area contributed by atoms with Crippen molar-refractivity contribution in [3.05, 3.63) is 108 Å². The van der Waals surface area contributed by atoms with E-state index in [1.807, 2.05) is 0 Å². The van der Waals surface area contributed by atoms with E-state index in [-0.39, 0.29) is 20.8 Å². The average Bonchev–Trinajstić information content (AvgIpc) is 3.77. The minimum absolute atomic E-state index is 0.0575. The van der Waals surface area contributed by atoms with Crippen molar-refractivity contribution in [1.29, 1.82) is 0 Å². The van der Waals surface area contributed by atoms with E-state index in [4.69, 9.17) is 4.98 Å². The predicted octanol–water partition coefficient (Wildman–Crippen LogP) is -12.0. The highest BCUT2D eigenvalue weighted by atomic mass is 15.1. The Morgan fingerprint density at radius 1 is 0.435 bits per heavy atom. The molecule has 1 heterocycles. The second-order valence-electron chi connectivity index (χ2n) is 21.9. The van der Waals surface area contributed by atoms with Crippen LogP contribution in [0.15, 0.2) is 91.0 Å². The highest BCUT2D eigenvalue weighted by Crippen LogP contribution is 2.65. The summed E-state index contributed by atoms with van der Waals surface area (Å²) in [5.74, 6) is 1.07. The first-order chi connectivity index (χ1) is 29.0. The van der Waals surface area contributed by atoms with Gasteiger partial charge in [-0.15, -0.1) is 21.9 Å². The van der Waals surface area contributed by atoms with Crippen molar-refractivity contribution in [2.24, 2.45) is 0 Å². The topological polar surface area (TPSA) is 17.8 Å². The Balaban J connectivity index is 1.47. The molecule has 1 aliphatic carbocycles. The molecule has 8 aromatic rings. The zero-order chi connectivity index (χ0) is 44.7. The van der Waals surface area contributed by atoms with Crippen LogP contribution in [-0.4, -0.2) is 143 Å². The molecule has 0 saturated heterocycles. The van der Waals surface area contributed by atoms with Gasteiger partial charge >= 0.3 is 0 Å². The molecule has 0 amide bonds. The number of imidazole rings is 1. The lowest BCUT2D eigenvalue weighted by atomic mass is 9.18. The number of hydrogen-bond acceptors (Lipinski definition) is 1. The fourth-order valence-electron chi connectivity index (χ4n) is 12.5. The highest BCUT2D eigenvalue weighted by molar-refractivity contribution is 6.71. The summed E-state index contributed by atoms with van der Waals surface area (Å²) < 4.78 is 2.40. The van der Waals surface area contributed by atoms with Crippen molar-refractivity contribution in [3.8, 4) is 39.1 Å². The van der Waals surface area contributed by atoms with Crippen LogP contribution in [0.3, 0.4) is 0 Å². The molecule has 0 bridgehead atoms. The Labute approximate surface area is 384 Å². The smallest absolute Gasteiger partial charge is 0.139 e. The van der Waals surface area contributed by atoms with E-state index in [1.165, 1.54) is 110 Å². The van der Waals surface area contributed by atoms with Gasteiger partial charge in [0.1, 0.15) is 62.8 Å². The number of benzene rings is 7. The third-order valence-corrected chi connectivity index (χ3v) is 15.6. The van der Waals surface area contributed by atoms with Crippen LogP contribution in [0.4, 0.5) is 0 Å². The molecule has 9 rings (SSSR count). The van der Waals surface area contributed by atoms with E-state index < -0.39 is 0 Å². The summed E-state index contributed by atoms with van der Waals surface area (Å²) >= 11 is 0. The molecule has 0 spiro atoms. The van der Waals surface area contributed by atoms with Gasteiger partial charge in [0.15, 0.2) is 0 Å². The number of rotatable bonds is 6. The van der Waals surface area contributed by atoms with Crippen LogP contribution >= 0.6 is 0 Å². The summed E-state index contributed by atoms with van der Waals surface area (Å²) in [4.78, 5) is 5.24. The number of para-hydroxylation sites is 2. The summed E-state index contributed by atoms with van der Waals surface area (Å²) in [6.07, 6.45) is 0. The summed E-state index contributed by atoms with van der Waals surface area (Å²) in [7, 11) is 40.4. The molecule has 19 heteroatoms. The third-order valence-electron chi connectivity index (χ3n) is 15.6. The molecular weight excluding hydrogens is 728 g/mol. The monoisotopic (exact) mass is 781 g/mol. The molecule has 0 N–H and O–H groups in total. The van der Waals surface area contributed by atoms with Crippen molar-refractivity contribution in [3.63, 3.8) is 0 Å². The Hall–Kier alpha value is -4.37. The van der Waals surface area contributed by atoms with E-state index in [1.54, 1.807) is 0 Å². The lowest BCUT2D eigenvalue weighted by Gasteiger charge is -2.54. The van der Waals surface area contributed by atoms with Gasteiger partial charge in [-0.05, 0) is 102 Å². The largest absolute Gasteiger partial charge is 0.298 e. The SMILES string of the molecule is Bc1c(B)c(B)c2c(-c3ccc4c(c3)C(C(B)(B)B)(C(B)(B)B)c3ccccc3-4)c3c(B)c(B)c(B)c(B)c3c(-c3cccc(-n4c(C(B)(B)B)nc5ccccc54)c3)c2c1B. The number of nitrogens with zero attached hydrogens (tertiary/aromatic N) is 2. The summed E-state index contributed by atoms with van der Waals surface area (Å²) in [5.41, 5.74) is 24.9. The molecule has 62 heavy (non-hydrogen) atoms. The van der Waals surface area contributed by atoms with E-state index in [0.717, 1.165) is 22.5 Å². The first-order valence-electron chi connectivity index (χ1n) is 22.8. The van der Waals surface area contributed by atoms with E-state index in [2.05, 4.69) is 229 Å². The molecule has 0 radical (unpaired) electrons. The number of hydrogen-bond donors (Lipinski definition) is 0. The van der Waals surface area contributed by atoms with Gasteiger partial charge in [0.25, 0.3) is 0 Å². The molecule has 0 saturated carbocycles. The Morgan fingerprint density at radius 3 is 1.42 bits per heavy atom. The van der Waals surface area contributed by atoms with Crippen molar-refractivity contribution in [2.45, 2.75) is 20.8 Å². The molecule has 1 aliphatic rings. The van der Waals surface area contributed by atoms with Gasteiger partial charge in [0.2, 0.25) is 0 Å². The summed E-state index contributed by atoms with van der Waals surface area (Å²) in [6.45, 7) is 0. The fraction of sp³-hybridized carbons (Fsp3) is 0.0930. The minimum atomic E-state index is -0.216. The van der Waals surface area contributed by atoms with E-state index >= 15 is 0 Å². The second-order valence-corrected chi connectivity index (χ2v) is 21.9. The number of aromatic nitrogens is 2. The Morgan fingerprint density at radius 2 is 0.903 bits per heavy atom. The van der Waals surface area contributed by atoms with Crippen LogP contribution in [0, 0.1) is 0 Å². The zero-order valence-electron chi connectivity index (χ0n) is 40.6. The first-order valence-corrected chi connectivity index (χ1v) is 22.8. The standard InChI is InChI=1S/C43H49B17N2/c44-31-27-25(16-6-5-7-18(14-16)62-24-11-4-3-10-23(24)61-39(62)41(52,53)54)28-30(34(47)38(51)36(49)32(28)45)26(29(27)33(46)37(50)35(31)48)17-12-13-20-19-8-1-2-9-21(19)40(22(20)15-17,42(55,56)57)43(58,59)60/h1-15H,44-60H2. The lowest BCUT2D eigenvalue weighted by Crippen LogP contribution is -2.52. The molecule has 0 fully saturated rings. The van der Waals surface area contributed by atoms with Crippen molar-refractivity contribution in [2.75, 3.05) is 0 Å². The Bertz CT molecular complexity index is 3150. The molecule has 0 unspecified atom stereocenters. The van der Waals surface area contributed by atoms with Gasteiger partial charge in [-0.25, -0.2) is 4.98 Å². The maximum absolute atomic E-state index is 5.24. The van der Waals surface area contributed by atoms with Crippen molar-refractivity contribution >= 4 is 210 Å². The van der Waals surface area contributed by atoms with Gasteiger partial charge in [-0.2, -0.15) is 0 Å². The molecular formula is C43H49B17N2. The maximum atomic E-state index is 5.24. The van der Waals surface area contributed by atoms with Gasteiger partial charge in [-0.1, -0.05) is 97.9 Å². The van der Waals surface area contributed by atoms with Gasteiger partial charge < -0.3 is 0 Å². The van der Waals surface area contributed by atoms with E-state index in [9.17, 15) is 0 Å². The maximum Gasteiger partial charge on any atom is 0.139 e. The lowest BCUT2D eigenvalue weighted by molar-refractivity contribution is 0.533. The zero-order valence-corrected chi connectivity index (χ0v) is 40.6. The molecule has 0 atom stereocenters. The van der Waals surface area contributed by atoms with Crippen LogP contribution in [0.1, 0.15) is 17.0 Å². The molecule has 7 aromatic carbocycles. The van der Waals surface area contributed by atoms with Crippen LogP contribution in [0.5, 0.6) is 0 Å². The van der Waals surface area contributed by atoms with Crippen molar-refractivity contribution in [1.82, 2.24) is 9.55 Å².